The molecular weight excluding hydrogens is 290 g/mol. The van der Waals surface area contributed by atoms with E-state index < -0.39 is 0 Å². The van der Waals surface area contributed by atoms with Crippen molar-refractivity contribution in [3.63, 3.8) is 0 Å². The number of halogens is 1. The number of ether oxygens (including phenoxy) is 1. The van der Waals surface area contributed by atoms with Gasteiger partial charge in [0.2, 0.25) is 0 Å². The summed E-state index contributed by atoms with van der Waals surface area (Å²) in [6.07, 6.45) is 1.47. The van der Waals surface area contributed by atoms with E-state index in [0.29, 0.717) is 0 Å². The molecule has 0 spiro atoms. The van der Waals surface area contributed by atoms with Gasteiger partial charge in [-0.05, 0) is 38.0 Å². The van der Waals surface area contributed by atoms with Crippen LogP contribution in [0.3, 0.4) is 0 Å². The molecule has 0 fully saturated rings. The van der Waals surface area contributed by atoms with Gasteiger partial charge in [0.15, 0.2) is 0 Å². The maximum atomic E-state index is 5.10. The lowest BCUT2D eigenvalue weighted by molar-refractivity contribution is 0.215. The summed E-state index contributed by atoms with van der Waals surface area (Å²) in [6, 6.07) is 3.82. The number of hydrogen-bond acceptors (Lipinski definition) is 3. The zero-order valence-electron chi connectivity index (χ0n) is 11.6. The van der Waals surface area contributed by atoms with E-state index in [4.69, 9.17) is 9.05 Å². The number of alkyl halides is 1. The van der Waals surface area contributed by atoms with Gasteiger partial charge in [-0.3, -0.25) is 0 Å². The van der Waals surface area contributed by atoms with Crippen LogP contribution in [-0.2, 0) is 4.74 Å². The third-order valence-corrected chi connectivity index (χ3v) is 2.67. The molecule has 0 aromatic heterocycles. The minimum Gasteiger partial charge on any atom is -0.480 e. The minimum atomic E-state index is 0.792. The van der Waals surface area contributed by atoms with Crippen LogP contribution in [0.15, 0.2) is 12.1 Å². The van der Waals surface area contributed by atoms with E-state index in [2.05, 4.69) is 35.3 Å². The van der Waals surface area contributed by atoms with E-state index in [1.54, 1.807) is 7.11 Å². The number of rotatable bonds is 3. The van der Waals surface area contributed by atoms with E-state index in [0.717, 1.165) is 29.2 Å². The second-order valence-electron chi connectivity index (χ2n) is 3.18. The Bertz CT molecular complexity index is 320. The first-order chi connectivity index (χ1) is 8.60. The fourth-order valence-corrected chi connectivity index (χ4v) is 1.37. The Hall–Kier alpha value is -0.0700. The second kappa shape index (κ2) is 13.4. The Morgan fingerprint density at radius 3 is 1.94 bits per heavy atom. The molecule has 2 unspecified atom stereocenters. The monoisotopic (exact) mass is 312 g/mol. The van der Waals surface area contributed by atoms with Crippen molar-refractivity contribution < 1.29 is 13.8 Å². The minimum absolute atomic E-state index is 0.792. The number of hydrogen-bond donors (Lipinski definition) is 0. The van der Waals surface area contributed by atoms with Gasteiger partial charge < -0.3 is 13.8 Å². The zero-order chi connectivity index (χ0) is 14.6. The van der Waals surface area contributed by atoms with Gasteiger partial charge in [0, 0.05) is 26.2 Å². The van der Waals surface area contributed by atoms with Crippen LogP contribution < -0.4 is 9.05 Å². The molecule has 2 atom stereocenters. The fourth-order valence-electron chi connectivity index (χ4n) is 0.986. The summed E-state index contributed by atoms with van der Waals surface area (Å²) >= 11 is 4.64. The predicted octanol–water partition coefficient (Wildman–Crippen LogP) is 4.15. The highest BCUT2D eigenvalue weighted by molar-refractivity contribution is 7.10. The molecule has 1 aromatic rings. The van der Waals surface area contributed by atoms with Gasteiger partial charge in [-0.1, -0.05) is 0 Å². The Kier molecular flexibility index (Phi) is 15.0. The lowest BCUT2D eigenvalue weighted by atomic mass is 10.1. The normalized spacial score (nSPS) is 8.44. The highest BCUT2D eigenvalue weighted by atomic mass is 35.5. The molecule has 1 rings (SSSR count). The van der Waals surface area contributed by atoms with Crippen LogP contribution in [-0.4, -0.2) is 20.1 Å². The quantitative estimate of drug-likeness (QED) is 0.620. The summed E-state index contributed by atoms with van der Waals surface area (Å²) in [5, 5.41) is 0. The average Bonchev–Trinajstić information content (AvgIpc) is 2.44. The molecular formula is C12H23ClO3P2. The lowest BCUT2D eigenvalue weighted by Gasteiger charge is -2.09. The highest BCUT2D eigenvalue weighted by Gasteiger charge is 2.03. The summed E-state index contributed by atoms with van der Waals surface area (Å²) in [7, 11) is 6.12. The van der Waals surface area contributed by atoms with Crippen molar-refractivity contribution >= 4 is 30.5 Å². The molecule has 18 heavy (non-hydrogen) atoms. The highest BCUT2D eigenvalue weighted by Crippen LogP contribution is 2.29. The topological polar surface area (TPSA) is 27.7 Å². The molecule has 1 aromatic carbocycles. The zero-order valence-corrected chi connectivity index (χ0v) is 14.7. The summed E-state index contributed by atoms with van der Waals surface area (Å²) in [4.78, 5) is 0. The summed E-state index contributed by atoms with van der Waals surface area (Å²) < 4.78 is 14.7. The molecule has 0 aliphatic heterocycles. The first-order valence-electron chi connectivity index (χ1n) is 5.32. The van der Waals surface area contributed by atoms with Crippen LogP contribution in [0.2, 0.25) is 0 Å². The van der Waals surface area contributed by atoms with Crippen molar-refractivity contribution in [1.29, 1.82) is 0 Å². The van der Waals surface area contributed by atoms with Gasteiger partial charge in [0.1, 0.15) is 11.5 Å². The van der Waals surface area contributed by atoms with E-state index in [-0.39, 0.29) is 0 Å². The smallest absolute Gasteiger partial charge is 0.129 e. The van der Waals surface area contributed by atoms with Crippen LogP contribution in [0.4, 0.5) is 0 Å². The van der Waals surface area contributed by atoms with Crippen LogP contribution in [0.5, 0.6) is 11.5 Å². The third-order valence-electron chi connectivity index (χ3n) is 2.14. The van der Waals surface area contributed by atoms with Crippen LogP contribution in [0.25, 0.3) is 0 Å². The van der Waals surface area contributed by atoms with Crippen molar-refractivity contribution in [2.24, 2.45) is 0 Å². The van der Waals surface area contributed by atoms with E-state index in [1.165, 1.54) is 6.38 Å². The predicted molar refractivity (Wildman–Crippen MR) is 85.9 cm³/mol. The maximum absolute atomic E-state index is 5.10. The van der Waals surface area contributed by atoms with Crippen molar-refractivity contribution in [1.82, 2.24) is 0 Å². The first kappa shape index (κ1) is 20.3. The van der Waals surface area contributed by atoms with Crippen molar-refractivity contribution in [2.45, 2.75) is 20.8 Å². The van der Waals surface area contributed by atoms with Crippen molar-refractivity contribution in [3.8, 4) is 11.5 Å². The van der Waals surface area contributed by atoms with Gasteiger partial charge in [-0.2, -0.15) is 0 Å². The molecule has 0 saturated heterocycles. The lowest BCUT2D eigenvalue weighted by Crippen LogP contribution is -1.87. The molecule has 0 heterocycles. The molecule has 6 heteroatoms. The van der Waals surface area contributed by atoms with Crippen LogP contribution in [0.1, 0.15) is 18.1 Å². The average molecular weight is 313 g/mol. The van der Waals surface area contributed by atoms with Crippen LogP contribution >= 0.6 is 30.5 Å². The van der Waals surface area contributed by atoms with Gasteiger partial charge in [-0.15, -0.1) is 11.6 Å². The molecule has 0 N–H and O–H groups in total. The van der Waals surface area contributed by atoms with Crippen molar-refractivity contribution in [3.05, 3.63) is 23.3 Å². The van der Waals surface area contributed by atoms with Gasteiger partial charge >= 0.3 is 0 Å². The van der Waals surface area contributed by atoms with Crippen LogP contribution in [0, 0.1) is 13.8 Å². The Labute approximate surface area is 120 Å². The summed E-state index contributed by atoms with van der Waals surface area (Å²) in [5.74, 6) is 1.62. The Morgan fingerprint density at radius 1 is 1.11 bits per heavy atom. The maximum Gasteiger partial charge on any atom is 0.129 e. The number of benzene rings is 1. The molecule has 0 aliphatic carbocycles. The van der Waals surface area contributed by atoms with E-state index in [9.17, 15) is 0 Å². The molecule has 0 saturated carbocycles. The number of aryl methyl sites for hydroxylation is 1. The SMILES string of the molecule is CCOC.CCl.Cc1cc(OP)cc(OP)c1C. The first-order valence-corrected chi connectivity index (χ1v) is 7.02. The summed E-state index contributed by atoms with van der Waals surface area (Å²) in [5.41, 5.74) is 2.29. The number of methoxy groups -OCH3 is 1. The van der Waals surface area contributed by atoms with E-state index in [1.807, 2.05) is 32.9 Å². The van der Waals surface area contributed by atoms with Crippen molar-refractivity contribution in [2.75, 3.05) is 20.1 Å². The standard InChI is InChI=1S/C8H12O2P2.C3H8O.CH3Cl/c1-5-3-7(9-11)4-8(10-12)6(5)2;1-3-4-2;1-2/h3-4H,11-12H2,1-2H3;3H2,1-2H3;1H3. The Balaban J connectivity index is 0. The van der Waals surface area contributed by atoms with Gasteiger partial charge in [0.25, 0.3) is 0 Å². The molecule has 3 nitrogen and oxygen atoms in total. The largest absolute Gasteiger partial charge is 0.480 e. The summed E-state index contributed by atoms with van der Waals surface area (Å²) in [6.45, 7) is 6.82. The van der Waals surface area contributed by atoms with E-state index >= 15 is 0 Å². The fraction of sp³-hybridized carbons (Fsp3) is 0.500. The molecule has 0 amide bonds. The van der Waals surface area contributed by atoms with Gasteiger partial charge in [-0.25, -0.2) is 0 Å². The third kappa shape index (κ3) is 8.11. The Morgan fingerprint density at radius 2 is 1.61 bits per heavy atom. The van der Waals surface area contributed by atoms with Gasteiger partial charge in [0.05, 0.1) is 18.9 Å². The molecule has 0 bridgehead atoms. The molecule has 106 valence electrons. The molecule has 0 radical (unpaired) electrons. The molecule has 0 aliphatic rings. The second-order valence-corrected chi connectivity index (χ2v) is 3.65.